The molecule has 0 atom stereocenters. The summed E-state index contributed by atoms with van der Waals surface area (Å²) in [4.78, 5) is 33.5. The second-order valence-electron chi connectivity index (χ2n) is 13.8. The molecule has 4 aromatic carbocycles. The molecule has 0 saturated carbocycles. The molecule has 0 aliphatic heterocycles. The van der Waals surface area contributed by atoms with Crippen LogP contribution >= 0.6 is 45.8 Å². The van der Waals surface area contributed by atoms with Gasteiger partial charge in [-0.05, 0) is 101 Å². The Bertz CT molecular complexity index is 2940. The van der Waals surface area contributed by atoms with E-state index in [1.54, 1.807) is 116 Å². The summed E-state index contributed by atoms with van der Waals surface area (Å²) in [6, 6.07) is 28.1. The number of aliphatic hydroxyl groups excluding tert-OH is 1. The fourth-order valence-corrected chi connectivity index (χ4v) is 7.25. The monoisotopic (exact) mass is 1080 g/mol. The van der Waals surface area contributed by atoms with Crippen LogP contribution in [0, 0.1) is 11.6 Å². The van der Waals surface area contributed by atoms with Gasteiger partial charge in [-0.2, -0.15) is 0 Å². The van der Waals surface area contributed by atoms with E-state index in [0.717, 1.165) is 16.6 Å². The van der Waals surface area contributed by atoms with Gasteiger partial charge in [0.2, 0.25) is 11.6 Å². The molecule has 18 heteroatoms. The molecule has 0 saturated heterocycles. The Kier molecular flexibility index (Phi) is 22.7. The van der Waals surface area contributed by atoms with Crippen molar-refractivity contribution in [1.29, 1.82) is 0 Å². The first-order valence-electron chi connectivity index (χ1n) is 19.9. The van der Waals surface area contributed by atoms with Crippen LogP contribution in [-0.4, -0.2) is 78.8 Å². The van der Waals surface area contributed by atoms with Crippen molar-refractivity contribution in [2.75, 3.05) is 32.4 Å². The number of methoxy groups -OCH3 is 2. The topological polar surface area (TPSA) is 167 Å². The largest absolute Gasteiger partial charge is 1.00 e. The number of benzene rings is 4. The summed E-state index contributed by atoms with van der Waals surface area (Å²) in [5.41, 5.74) is 5.87. The molecule has 3 N–H and O–H groups in total. The van der Waals surface area contributed by atoms with E-state index in [1.165, 1.54) is 24.8 Å². The minimum Gasteiger partial charge on any atom is -0.870 e. The maximum absolute atomic E-state index is 15.6. The van der Waals surface area contributed by atoms with Crippen LogP contribution in [0.4, 0.5) is 8.78 Å². The number of fused-ring (bicyclic) bond motifs is 2. The average Bonchev–Trinajstić information content (AvgIpc) is 3.93. The minimum absolute atomic E-state index is 0. The molecule has 0 unspecified atom stereocenters. The van der Waals surface area contributed by atoms with E-state index in [2.05, 4.69) is 32.6 Å². The molecular weight excluding hydrogens is 1030 g/mol. The molecule has 8 aromatic rings. The number of carbonyl (C=O) groups excluding carboxylic acids is 1. The Morgan fingerprint density at radius 1 is 0.687 bits per heavy atom. The average molecular weight is 1080 g/mol. The molecule has 0 aliphatic carbocycles. The van der Waals surface area contributed by atoms with E-state index in [1.807, 2.05) is 23.1 Å². The summed E-state index contributed by atoms with van der Waals surface area (Å²) in [5.74, 6) is -1.47. The van der Waals surface area contributed by atoms with Gasteiger partial charge < -0.3 is 29.9 Å². The van der Waals surface area contributed by atoms with E-state index >= 15 is 8.78 Å². The van der Waals surface area contributed by atoms with Crippen molar-refractivity contribution >= 4 is 68.8 Å². The number of aromatic carboxylic acids is 1. The van der Waals surface area contributed by atoms with Crippen LogP contribution in [0.15, 0.2) is 122 Å². The van der Waals surface area contributed by atoms with Gasteiger partial charge in [-0.3, -0.25) is 8.80 Å². The number of imidazole rings is 2. The van der Waals surface area contributed by atoms with Crippen molar-refractivity contribution in [1.82, 2.24) is 18.8 Å². The van der Waals surface area contributed by atoms with Crippen LogP contribution in [-0.2, 0) is 17.6 Å². The molecule has 67 heavy (non-hydrogen) atoms. The fraction of sp³-hybridized carbons (Fsp3) is 0.184. The van der Waals surface area contributed by atoms with Gasteiger partial charge in [-0.25, -0.2) is 28.3 Å². The van der Waals surface area contributed by atoms with Gasteiger partial charge in [0.25, 0.3) is 0 Å². The minimum atomic E-state index is -1.12. The summed E-state index contributed by atoms with van der Waals surface area (Å²) < 4.78 is 50.0. The van der Waals surface area contributed by atoms with Crippen LogP contribution in [0.3, 0.4) is 0 Å². The molecule has 346 valence electrons. The number of aromatic nitrogens is 4. The number of carboxylic acid groups (broad SMARTS) is 1. The normalized spacial score (nSPS) is 10.2. The van der Waals surface area contributed by atoms with Crippen molar-refractivity contribution in [3.05, 3.63) is 177 Å². The van der Waals surface area contributed by atoms with Crippen molar-refractivity contribution in [3.63, 3.8) is 0 Å². The van der Waals surface area contributed by atoms with Gasteiger partial charge in [0.15, 0.2) is 0 Å². The third kappa shape index (κ3) is 13.8. The summed E-state index contributed by atoms with van der Waals surface area (Å²) in [5, 5.41) is 17.9. The molecule has 0 amide bonds. The zero-order chi connectivity index (χ0) is 47.2. The number of halogens is 5. The Morgan fingerprint density at radius 2 is 1.10 bits per heavy atom. The first kappa shape index (κ1) is 56.2. The van der Waals surface area contributed by atoms with Crippen LogP contribution in [0.25, 0.3) is 33.3 Å². The van der Waals surface area contributed by atoms with E-state index in [-0.39, 0.29) is 72.1 Å². The molecule has 0 spiro atoms. The van der Waals surface area contributed by atoms with Crippen molar-refractivity contribution in [3.8, 4) is 33.8 Å². The molecule has 0 radical (unpaired) electrons. The number of esters is 1. The number of rotatable bonds is 11. The molecule has 8 rings (SSSR count). The van der Waals surface area contributed by atoms with Crippen LogP contribution < -0.4 is 39.0 Å². The second-order valence-corrected chi connectivity index (χ2v) is 14.6. The van der Waals surface area contributed by atoms with Crippen LogP contribution in [0.5, 0.6) is 11.5 Å². The maximum atomic E-state index is 15.6. The predicted molar refractivity (Wildman–Crippen MR) is 260 cm³/mol. The number of alkyl halides is 1. The summed E-state index contributed by atoms with van der Waals surface area (Å²) in [6.07, 6.45) is 7.11. The maximum Gasteiger partial charge on any atom is 1.00 e. The zero-order valence-corrected chi connectivity index (χ0v) is 43.1. The smallest absolute Gasteiger partial charge is 0.870 e. The van der Waals surface area contributed by atoms with Crippen molar-refractivity contribution in [2.24, 2.45) is 0 Å². The van der Waals surface area contributed by atoms with Crippen molar-refractivity contribution < 1.29 is 77.8 Å². The quantitative estimate of drug-likeness (QED) is 0.0555. The van der Waals surface area contributed by atoms with Gasteiger partial charge in [0.05, 0.1) is 55.4 Å². The van der Waals surface area contributed by atoms with Gasteiger partial charge in [-0.1, -0.05) is 94.3 Å². The summed E-state index contributed by atoms with van der Waals surface area (Å²) in [6.45, 7) is 3.93. The van der Waals surface area contributed by atoms with E-state index in [9.17, 15) is 14.7 Å². The van der Waals surface area contributed by atoms with Gasteiger partial charge in [-0.15, -0.1) is 0 Å². The van der Waals surface area contributed by atoms with Gasteiger partial charge in [0, 0.05) is 41.9 Å². The number of carbonyl (C=O) groups is 2. The van der Waals surface area contributed by atoms with Gasteiger partial charge >= 0.3 is 41.5 Å². The van der Waals surface area contributed by atoms with E-state index < -0.39 is 17.8 Å². The Balaban J connectivity index is 0.000000316. The third-order valence-corrected chi connectivity index (χ3v) is 10.1. The Labute approximate surface area is 432 Å². The Hall–Kier alpha value is -5.11. The second kappa shape index (κ2) is 27.0. The summed E-state index contributed by atoms with van der Waals surface area (Å²) >= 11 is 14.3. The standard InChI is InChI=1S/C24H20ClFN2O3.C22H16ClFN2O3.C2H6O.CH3I.Na.H2O/c1-3-31-24(29)23-27-13-19-9-7-15(14-28(19)23)11-17-8-10-20(30-2)21(22(17)26)16-5-4-6-18(25)12-16;1-29-18-8-6-15(20(24)19(18)14-3-2-4-16(23)10-14)9-13-5-7-17-11-25-21(22(27)28)26(17)12-13;1-2-3;1-2;;/h4-10,12-14H,3,11H2,1-2H3;2-8,10-12H,9H2,1H3,(H,27,28);3H,2H2,1H3;1H3;;1H2/q;;;;+1;/p-1. The third-order valence-electron chi connectivity index (χ3n) is 9.65. The van der Waals surface area contributed by atoms with Crippen LogP contribution in [0.1, 0.15) is 57.3 Å². The Morgan fingerprint density at radius 3 is 1.49 bits per heavy atom. The first-order chi connectivity index (χ1) is 31.4. The number of hydrogen-bond donors (Lipinski definition) is 2. The number of aliphatic hydroxyl groups is 1. The summed E-state index contributed by atoms with van der Waals surface area (Å²) in [7, 11) is 3.00. The van der Waals surface area contributed by atoms with Gasteiger partial charge in [0.1, 0.15) is 23.1 Å². The molecule has 0 aliphatic rings. The number of hydrogen-bond acceptors (Lipinski definition) is 9. The molecule has 0 bridgehead atoms. The molecule has 0 fully saturated rings. The van der Waals surface area contributed by atoms with E-state index in [0.29, 0.717) is 66.9 Å². The van der Waals surface area contributed by atoms with Crippen LogP contribution in [0.2, 0.25) is 10.0 Å². The molecule has 4 aromatic heterocycles. The zero-order valence-electron chi connectivity index (χ0n) is 37.4. The fourth-order valence-electron chi connectivity index (χ4n) is 6.86. The SMILES string of the molecule is CCO.CCOC(=O)c1ncc2ccc(Cc3ccc(OC)c(-c4cccc(Cl)c4)c3F)cn12.CI.COc1ccc(Cc2ccc3cnc(C(=O)O)n3c2)c(F)c1-c1cccc(Cl)c1.[Na+].[OH-]. The number of nitrogens with zero attached hydrogens (tertiary/aromatic N) is 4. The first-order valence-corrected chi connectivity index (χ1v) is 22.9. The molecular formula is C49H46Cl2F2IN4NaO8. The number of pyridine rings is 2. The molecule has 12 nitrogen and oxygen atoms in total. The number of carboxylic acids is 1. The molecule has 4 heterocycles. The number of ether oxygens (including phenoxy) is 3. The predicted octanol–water partition coefficient (Wildman–Crippen LogP) is 8.54. The van der Waals surface area contributed by atoms with Crippen molar-refractivity contribution in [2.45, 2.75) is 26.7 Å². The van der Waals surface area contributed by atoms with E-state index in [4.69, 9.17) is 42.5 Å².